The van der Waals surface area contributed by atoms with Crippen molar-refractivity contribution in [3.63, 3.8) is 0 Å². The maximum atomic E-state index is 11.6. The molecule has 0 heterocycles. The highest BCUT2D eigenvalue weighted by molar-refractivity contribution is 7.91. The van der Waals surface area contributed by atoms with Crippen LogP contribution in [0.15, 0.2) is 0 Å². The van der Waals surface area contributed by atoms with Gasteiger partial charge in [0.1, 0.15) is 9.84 Å². The fourth-order valence-corrected chi connectivity index (χ4v) is 3.99. The van der Waals surface area contributed by atoms with Crippen LogP contribution in [0.2, 0.25) is 0 Å². The summed E-state index contributed by atoms with van der Waals surface area (Å²) >= 11 is 0. The first-order chi connectivity index (χ1) is 7.86. The Labute approximate surface area is 105 Å². The maximum Gasteiger partial charge on any atom is 0.150 e. The van der Waals surface area contributed by atoms with Crippen molar-refractivity contribution in [1.29, 1.82) is 0 Å². The predicted molar refractivity (Wildman–Crippen MR) is 71.8 cm³/mol. The number of sulfone groups is 1. The molecular formula is C12H26N2O2S. The van der Waals surface area contributed by atoms with Crippen molar-refractivity contribution in [2.24, 2.45) is 5.73 Å². The lowest BCUT2D eigenvalue weighted by Crippen LogP contribution is -2.47. The quantitative estimate of drug-likeness (QED) is 0.803. The zero-order valence-electron chi connectivity index (χ0n) is 11.2. The molecule has 0 aromatic rings. The highest BCUT2D eigenvalue weighted by Gasteiger charge is 2.32. The van der Waals surface area contributed by atoms with Gasteiger partial charge in [0.2, 0.25) is 0 Å². The van der Waals surface area contributed by atoms with Gasteiger partial charge in [-0.15, -0.1) is 0 Å². The van der Waals surface area contributed by atoms with Gasteiger partial charge in [0, 0.05) is 31.4 Å². The molecule has 1 rings (SSSR count). The number of nitrogens with zero attached hydrogens (tertiary/aromatic N) is 1. The van der Waals surface area contributed by atoms with E-state index in [9.17, 15) is 8.42 Å². The lowest BCUT2D eigenvalue weighted by atomic mass is 9.93. The molecule has 0 radical (unpaired) electrons. The van der Waals surface area contributed by atoms with Crippen molar-refractivity contribution < 1.29 is 8.42 Å². The highest BCUT2D eigenvalue weighted by atomic mass is 32.2. The van der Waals surface area contributed by atoms with Gasteiger partial charge in [-0.05, 0) is 33.1 Å². The van der Waals surface area contributed by atoms with Crippen molar-refractivity contribution in [3.05, 3.63) is 0 Å². The van der Waals surface area contributed by atoms with Gasteiger partial charge >= 0.3 is 0 Å². The van der Waals surface area contributed by atoms with E-state index in [2.05, 4.69) is 18.7 Å². The van der Waals surface area contributed by atoms with Crippen LogP contribution in [0.5, 0.6) is 0 Å². The van der Waals surface area contributed by atoms with Crippen LogP contribution in [-0.2, 0) is 9.84 Å². The van der Waals surface area contributed by atoms with E-state index in [1.807, 2.05) is 0 Å². The van der Waals surface area contributed by atoms with E-state index in [0.29, 0.717) is 18.6 Å². The molecule has 0 saturated heterocycles. The van der Waals surface area contributed by atoms with Crippen molar-refractivity contribution in [3.8, 4) is 0 Å². The number of hydrogen-bond acceptors (Lipinski definition) is 4. The Bertz CT molecular complexity index is 327. The summed E-state index contributed by atoms with van der Waals surface area (Å²) in [6, 6.07) is 0.814. The van der Waals surface area contributed by atoms with Crippen molar-refractivity contribution in [2.75, 3.05) is 19.3 Å². The van der Waals surface area contributed by atoms with E-state index in [1.54, 1.807) is 0 Å². The Kier molecular flexibility index (Phi) is 5.41. The predicted octanol–water partition coefficient (Wildman–Crippen LogP) is 1.01. The summed E-state index contributed by atoms with van der Waals surface area (Å²) < 4.78 is 23.3. The second-order valence-corrected chi connectivity index (χ2v) is 7.72. The molecule has 1 aliphatic rings. The summed E-state index contributed by atoms with van der Waals surface area (Å²) in [5.74, 6) is 0. The molecule has 0 bridgehead atoms. The molecule has 0 spiro atoms. The van der Waals surface area contributed by atoms with Gasteiger partial charge in [-0.25, -0.2) is 8.42 Å². The van der Waals surface area contributed by atoms with Crippen LogP contribution in [0.1, 0.15) is 39.5 Å². The second-order valence-electron chi connectivity index (χ2n) is 5.39. The molecule has 4 nitrogen and oxygen atoms in total. The van der Waals surface area contributed by atoms with Gasteiger partial charge < -0.3 is 5.73 Å². The van der Waals surface area contributed by atoms with Gasteiger partial charge in [-0.1, -0.05) is 6.42 Å². The molecular weight excluding hydrogens is 236 g/mol. The van der Waals surface area contributed by atoms with E-state index < -0.39 is 9.84 Å². The van der Waals surface area contributed by atoms with Crippen LogP contribution in [0.25, 0.3) is 0 Å². The average molecular weight is 262 g/mol. The largest absolute Gasteiger partial charge is 0.329 e. The molecule has 1 fully saturated rings. The molecule has 0 aromatic heterocycles. The van der Waals surface area contributed by atoms with Crippen LogP contribution in [0.4, 0.5) is 0 Å². The Morgan fingerprint density at radius 1 is 1.35 bits per heavy atom. The summed E-state index contributed by atoms with van der Waals surface area (Å²) in [5, 5.41) is -0.153. The molecule has 2 atom stereocenters. The first kappa shape index (κ1) is 14.9. The molecule has 0 aromatic carbocycles. The molecule has 17 heavy (non-hydrogen) atoms. The SMILES string of the molecule is CC(C)N(CCN)C1CCCC(S(C)(=O)=O)C1. The van der Waals surface area contributed by atoms with Crippen molar-refractivity contribution in [1.82, 2.24) is 4.90 Å². The zero-order chi connectivity index (χ0) is 13.1. The van der Waals surface area contributed by atoms with Gasteiger partial charge in [-0.2, -0.15) is 0 Å². The fourth-order valence-electron chi connectivity index (χ4n) is 2.82. The highest BCUT2D eigenvalue weighted by Crippen LogP contribution is 2.28. The summed E-state index contributed by atoms with van der Waals surface area (Å²) in [5.41, 5.74) is 5.63. The molecule has 0 aliphatic heterocycles. The van der Waals surface area contributed by atoms with Crippen molar-refractivity contribution in [2.45, 2.75) is 56.9 Å². The standard InChI is InChI=1S/C12H26N2O2S/c1-10(2)14(8-7-13)11-5-4-6-12(9-11)17(3,15)16/h10-12H,4-9,13H2,1-3H3. The molecule has 102 valence electrons. The minimum absolute atomic E-state index is 0.153. The van der Waals surface area contributed by atoms with Gasteiger partial charge in [0.05, 0.1) is 5.25 Å². The maximum absolute atomic E-state index is 11.6. The number of nitrogens with two attached hydrogens (primary N) is 1. The fraction of sp³-hybridized carbons (Fsp3) is 1.00. The Morgan fingerprint density at radius 3 is 2.47 bits per heavy atom. The first-order valence-electron chi connectivity index (χ1n) is 6.51. The van der Waals surface area contributed by atoms with E-state index in [1.165, 1.54) is 6.26 Å². The average Bonchev–Trinajstić information content (AvgIpc) is 2.24. The van der Waals surface area contributed by atoms with E-state index in [4.69, 9.17) is 5.73 Å². The third kappa shape index (κ3) is 4.23. The smallest absolute Gasteiger partial charge is 0.150 e. The second kappa shape index (κ2) is 6.16. The normalized spacial score (nSPS) is 26.7. The van der Waals surface area contributed by atoms with Gasteiger partial charge in [-0.3, -0.25) is 4.90 Å². The molecule has 5 heteroatoms. The van der Waals surface area contributed by atoms with E-state index in [-0.39, 0.29) is 5.25 Å². The minimum atomic E-state index is -2.89. The summed E-state index contributed by atoms with van der Waals surface area (Å²) in [6.45, 7) is 5.80. The van der Waals surface area contributed by atoms with E-state index in [0.717, 1.165) is 32.2 Å². The van der Waals surface area contributed by atoms with Crippen molar-refractivity contribution >= 4 is 9.84 Å². The van der Waals surface area contributed by atoms with E-state index >= 15 is 0 Å². The third-order valence-corrected chi connectivity index (χ3v) is 5.36. The van der Waals surface area contributed by atoms with Crippen LogP contribution in [-0.4, -0.2) is 50.0 Å². The number of rotatable bonds is 5. The van der Waals surface area contributed by atoms with Gasteiger partial charge in [0.25, 0.3) is 0 Å². The Morgan fingerprint density at radius 2 is 2.00 bits per heavy atom. The third-order valence-electron chi connectivity index (χ3n) is 3.72. The monoisotopic (exact) mass is 262 g/mol. The first-order valence-corrected chi connectivity index (χ1v) is 8.46. The van der Waals surface area contributed by atoms with Crippen LogP contribution >= 0.6 is 0 Å². The van der Waals surface area contributed by atoms with Gasteiger partial charge in [0.15, 0.2) is 0 Å². The number of hydrogen-bond donors (Lipinski definition) is 1. The summed E-state index contributed by atoms with van der Waals surface area (Å²) in [6.07, 6.45) is 5.07. The zero-order valence-corrected chi connectivity index (χ0v) is 12.0. The van der Waals surface area contributed by atoms with Crippen LogP contribution in [0, 0.1) is 0 Å². The molecule has 2 unspecified atom stereocenters. The molecule has 0 amide bonds. The molecule has 2 N–H and O–H groups in total. The molecule has 1 aliphatic carbocycles. The Balaban J connectivity index is 2.70. The minimum Gasteiger partial charge on any atom is -0.329 e. The lowest BCUT2D eigenvalue weighted by molar-refractivity contribution is 0.125. The van der Waals surface area contributed by atoms with Crippen LogP contribution in [0.3, 0.4) is 0 Å². The topological polar surface area (TPSA) is 63.4 Å². The summed E-state index contributed by atoms with van der Waals surface area (Å²) in [4.78, 5) is 2.36. The summed E-state index contributed by atoms with van der Waals surface area (Å²) in [7, 11) is -2.89. The Hall–Kier alpha value is -0.130. The lowest BCUT2D eigenvalue weighted by Gasteiger charge is -2.39. The van der Waals surface area contributed by atoms with Crippen LogP contribution < -0.4 is 5.73 Å². The molecule has 1 saturated carbocycles.